The maximum Gasteiger partial charge on any atom is 0.0279 e. The van der Waals surface area contributed by atoms with Crippen LogP contribution in [-0.4, -0.2) is 47.1 Å². The van der Waals surface area contributed by atoms with Gasteiger partial charge in [-0.1, -0.05) is 34.6 Å². The van der Waals surface area contributed by atoms with E-state index < -0.39 is 0 Å². The van der Waals surface area contributed by atoms with Gasteiger partial charge in [-0.3, -0.25) is 4.90 Å². The quantitative estimate of drug-likeness (QED) is 0.765. The minimum absolute atomic E-state index is 0.289. The van der Waals surface area contributed by atoms with Gasteiger partial charge < -0.3 is 5.32 Å². The first-order valence-corrected chi connectivity index (χ1v) is 9.62. The van der Waals surface area contributed by atoms with Crippen molar-refractivity contribution >= 4 is 11.8 Å². The van der Waals surface area contributed by atoms with E-state index in [1.54, 1.807) is 0 Å². The van der Waals surface area contributed by atoms with Crippen LogP contribution in [0.25, 0.3) is 0 Å². The van der Waals surface area contributed by atoms with Crippen LogP contribution in [0.3, 0.4) is 0 Å². The SMILES string of the molecule is CCC1(C)CN(CC(CC)(CC)SC)C(C(C)C)CN1. The molecule has 2 atom stereocenters. The van der Waals surface area contributed by atoms with Crippen LogP contribution < -0.4 is 5.32 Å². The molecule has 2 unspecified atom stereocenters. The minimum Gasteiger partial charge on any atom is -0.309 e. The molecule has 0 aromatic heterocycles. The van der Waals surface area contributed by atoms with Crippen molar-refractivity contribution in [2.45, 2.75) is 77.1 Å². The molecule has 3 heteroatoms. The maximum atomic E-state index is 3.80. The normalized spacial score (nSPS) is 29.1. The van der Waals surface area contributed by atoms with Gasteiger partial charge in [-0.05, 0) is 38.4 Å². The van der Waals surface area contributed by atoms with Crippen LogP contribution in [-0.2, 0) is 0 Å². The van der Waals surface area contributed by atoms with E-state index >= 15 is 0 Å². The van der Waals surface area contributed by atoms with Crippen LogP contribution in [0.2, 0.25) is 0 Å². The molecule has 1 N–H and O–H groups in total. The molecule has 1 saturated heterocycles. The van der Waals surface area contributed by atoms with Crippen LogP contribution in [0.1, 0.15) is 60.8 Å². The summed E-state index contributed by atoms with van der Waals surface area (Å²) in [7, 11) is 0. The van der Waals surface area contributed by atoms with E-state index in [-0.39, 0.29) is 5.54 Å². The molecule has 0 aliphatic carbocycles. The number of nitrogens with zero attached hydrogens (tertiary/aromatic N) is 1. The van der Waals surface area contributed by atoms with E-state index in [0.717, 1.165) is 12.5 Å². The number of nitrogens with one attached hydrogen (secondary N) is 1. The molecule has 20 heavy (non-hydrogen) atoms. The van der Waals surface area contributed by atoms with Gasteiger partial charge in [0.15, 0.2) is 0 Å². The lowest BCUT2D eigenvalue weighted by atomic mass is 9.88. The second-order valence-corrected chi connectivity index (χ2v) is 8.38. The molecule has 0 aromatic rings. The van der Waals surface area contributed by atoms with Crippen molar-refractivity contribution in [1.29, 1.82) is 0 Å². The van der Waals surface area contributed by atoms with Crippen molar-refractivity contribution in [3.63, 3.8) is 0 Å². The van der Waals surface area contributed by atoms with Crippen molar-refractivity contribution in [2.75, 3.05) is 25.9 Å². The zero-order valence-corrected chi connectivity index (χ0v) is 15.6. The van der Waals surface area contributed by atoms with E-state index in [9.17, 15) is 0 Å². The van der Waals surface area contributed by atoms with Crippen molar-refractivity contribution in [3.05, 3.63) is 0 Å². The van der Waals surface area contributed by atoms with Crippen molar-refractivity contribution in [3.8, 4) is 0 Å². The average molecular weight is 301 g/mol. The lowest BCUT2D eigenvalue weighted by Gasteiger charge is -2.50. The molecule has 1 rings (SSSR count). The van der Waals surface area contributed by atoms with Crippen molar-refractivity contribution < 1.29 is 0 Å². The van der Waals surface area contributed by atoms with Gasteiger partial charge in [0.25, 0.3) is 0 Å². The fourth-order valence-corrected chi connectivity index (χ4v) is 4.24. The van der Waals surface area contributed by atoms with Gasteiger partial charge >= 0.3 is 0 Å². The predicted molar refractivity (Wildman–Crippen MR) is 93.7 cm³/mol. The van der Waals surface area contributed by atoms with E-state index in [1.807, 2.05) is 0 Å². The van der Waals surface area contributed by atoms with E-state index in [2.05, 4.69) is 69.8 Å². The zero-order chi connectivity index (χ0) is 15.4. The lowest BCUT2D eigenvalue weighted by Crippen LogP contribution is -2.65. The van der Waals surface area contributed by atoms with Gasteiger partial charge in [0, 0.05) is 36.0 Å². The van der Waals surface area contributed by atoms with Gasteiger partial charge in [-0.2, -0.15) is 11.8 Å². The Morgan fingerprint density at radius 3 is 2.30 bits per heavy atom. The van der Waals surface area contributed by atoms with Crippen LogP contribution in [0.15, 0.2) is 0 Å². The Kier molecular flexibility index (Phi) is 6.88. The summed E-state index contributed by atoms with van der Waals surface area (Å²) in [5.41, 5.74) is 0.289. The van der Waals surface area contributed by atoms with Crippen LogP contribution >= 0.6 is 11.8 Å². The highest BCUT2D eigenvalue weighted by Gasteiger charge is 2.39. The van der Waals surface area contributed by atoms with E-state index in [4.69, 9.17) is 0 Å². The molecule has 2 nitrogen and oxygen atoms in total. The fourth-order valence-electron chi connectivity index (χ4n) is 3.37. The first-order chi connectivity index (χ1) is 9.35. The molecular weight excluding hydrogens is 264 g/mol. The monoisotopic (exact) mass is 300 g/mol. The molecule has 1 heterocycles. The smallest absolute Gasteiger partial charge is 0.0279 e. The molecule has 0 bridgehead atoms. The van der Waals surface area contributed by atoms with Crippen molar-refractivity contribution in [1.82, 2.24) is 10.2 Å². The first-order valence-electron chi connectivity index (χ1n) is 8.39. The molecule has 120 valence electrons. The summed E-state index contributed by atoms with van der Waals surface area (Å²) in [5.74, 6) is 0.720. The predicted octanol–water partition coefficient (Wildman–Crippen LogP) is 4.01. The fraction of sp³-hybridized carbons (Fsp3) is 1.00. The summed E-state index contributed by atoms with van der Waals surface area (Å²) in [4.78, 5) is 2.79. The molecule has 0 radical (unpaired) electrons. The summed E-state index contributed by atoms with van der Waals surface area (Å²) in [6.45, 7) is 17.7. The molecule has 0 aromatic carbocycles. The molecule has 1 aliphatic heterocycles. The Morgan fingerprint density at radius 2 is 1.90 bits per heavy atom. The Morgan fingerprint density at radius 1 is 1.30 bits per heavy atom. The number of piperazine rings is 1. The number of thioether (sulfide) groups is 1. The van der Waals surface area contributed by atoms with Gasteiger partial charge in [0.1, 0.15) is 0 Å². The Bertz CT molecular complexity index is 280. The van der Waals surface area contributed by atoms with Gasteiger partial charge in [-0.25, -0.2) is 0 Å². The number of hydrogen-bond donors (Lipinski definition) is 1. The standard InChI is InChI=1S/C17H36N2S/c1-8-16(6)12-19(15(11-18-16)14(4)5)13-17(9-2,10-3)20-7/h14-15,18H,8-13H2,1-7H3. The molecule has 0 saturated carbocycles. The van der Waals surface area contributed by atoms with Crippen LogP contribution in [0.5, 0.6) is 0 Å². The summed E-state index contributed by atoms with van der Waals surface area (Å²) in [6.07, 6.45) is 6.03. The van der Waals surface area contributed by atoms with Gasteiger partial charge in [0.05, 0.1) is 0 Å². The largest absolute Gasteiger partial charge is 0.309 e. The van der Waals surface area contributed by atoms with Crippen molar-refractivity contribution in [2.24, 2.45) is 5.92 Å². The Hall–Kier alpha value is 0.270. The highest BCUT2D eigenvalue weighted by molar-refractivity contribution is 8.00. The Labute approximate surface area is 131 Å². The zero-order valence-electron chi connectivity index (χ0n) is 14.8. The third-order valence-electron chi connectivity index (χ3n) is 5.52. The second kappa shape index (κ2) is 7.51. The molecular formula is C17H36N2S. The van der Waals surface area contributed by atoms with Gasteiger partial charge in [-0.15, -0.1) is 0 Å². The summed E-state index contributed by atoms with van der Waals surface area (Å²) >= 11 is 2.07. The Balaban J connectivity index is 2.89. The summed E-state index contributed by atoms with van der Waals surface area (Å²) < 4.78 is 0.430. The third kappa shape index (κ3) is 4.14. The van der Waals surface area contributed by atoms with E-state index in [1.165, 1.54) is 32.4 Å². The molecule has 0 spiro atoms. The highest BCUT2D eigenvalue weighted by atomic mass is 32.2. The average Bonchev–Trinajstić information content (AvgIpc) is 2.44. The van der Waals surface area contributed by atoms with Gasteiger partial charge in [0.2, 0.25) is 0 Å². The number of hydrogen-bond acceptors (Lipinski definition) is 3. The minimum atomic E-state index is 0.289. The van der Waals surface area contributed by atoms with Crippen LogP contribution in [0.4, 0.5) is 0 Å². The third-order valence-corrected chi connectivity index (χ3v) is 7.09. The van der Waals surface area contributed by atoms with E-state index in [0.29, 0.717) is 10.8 Å². The lowest BCUT2D eigenvalue weighted by molar-refractivity contribution is 0.0510. The summed E-state index contributed by atoms with van der Waals surface area (Å²) in [5, 5.41) is 3.80. The first kappa shape index (κ1) is 18.3. The maximum absolute atomic E-state index is 3.80. The molecule has 1 fully saturated rings. The summed E-state index contributed by atoms with van der Waals surface area (Å²) in [6, 6.07) is 0.680. The highest BCUT2D eigenvalue weighted by Crippen LogP contribution is 2.34. The molecule has 1 aliphatic rings. The topological polar surface area (TPSA) is 15.3 Å². The number of rotatable bonds is 7. The second-order valence-electron chi connectivity index (χ2n) is 7.11. The van der Waals surface area contributed by atoms with Crippen LogP contribution in [0, 0.1) is 5.92 Å². The molecule has 0 amide bonds.